The van der Waals surface area contributed by atoms with Crippen LogP contribution in [0.15, 0.2) is 30.3 Å². The fourth-order valence-electron chi connectivity index (χ4n) is 2.25. The zero-order valence-corrected chi connectivity index (χ0v) is 16.2. The minimum Gasteiger partial charge on any atom is -0.493 e. The largest absolute Gasteiger partial charge is 0.493 e. The Bertz CT molecular complexity index is 829. The smallest absolute Gasteiger partial charge is 0.306 e. The number of carbonyl (C=O) groups excluding carboxylic acids is 3. The van der Waals surface area contributed by atoms with E-state index >= 15 is 0 Å². The van der Waals surface area contributed by atoms with Crippen molar-refractivity contribution in [3.63, 3.8) is 0 Å². The van der Waals surface area contributed by atoms with Crippen LogP contribution in [0.3, 0.4) is 0 Å². The number of ether oxygens (including phenoxy) is 3. The Kier molecular flexibility index (Phi) is 7.36. The van der Waals surface area contributed by atoms with Gasteiger partial charge in [0.2, 0.25) is 0 Å². The summed E-state index contributed by atoms with van der Waals surface area (Å²) in [6.07, 6.45) is -0.0183. The number of esters is 1. The van der Waals surface area contributed by atoms with Crippen molar-refractivity contribution in [3.8, 4) is 11.5 Å². The number of methoxy groups -OCH3 is 2. The number of amides is 1. The van der Waals surface area contributed by atoms with E-state index in [2.05, 4.69) is 5.32 Å². The van der Waals surface area contributed by atoms with E-state index in [-0.39, 0.29) is 18.6 Å². The van der Waals surface area contributed by atoms with Crippen molar-refractivity contribution in [3.05, 3.63) is 40.1 Å². The van der Waals surface area contributed by atoms with Crippen LogP contribution >= 0.6 is 11.3 Å². The molecule has 8 heteroatoms. The minimum absolute atomic E-state index is 0.0517. The Morgan fingerprint density at radius 1 is 1.00 bits per heavy atom. The van der Waals surface area contributed by atoms with E-state index in [1.54, 1.807) is 24.3 Å². The van der Waals surface area contributed by atoms with Gasteiger partial charge in [0, 0.05) is 23.1 Å². The van der Waals surface area contributed by atoms with Gasteiger partial charge in [-0.25, -0.2) is 0 Å². The van der Waals surface area contributed by atoms with E-state index in [1.165, 1.54) is 25.6 Å². The topological polar surface area (TPSA) is 90.9 Å². The number of anilines is 1. The van der Waals surface area contributed by atoms with Gasteiger partial charge >= 0.3 is 5.97 Å². The summed E-state index contributed by atoms with van der Waals surface area (Å²) in [6.45, 7) is 1.48. The zero-order chi connectivity index (χ0) is 19.8. The fourth-order valence-corrected chi connectivity index (χ4v) is 3.09. The number of Topliss-reactive ketones (excluding diaryl/α,β-unsaturated/α-hetero) is 1. The Hall–Kier alpha value is -2.87. The fraction of sp³-hybridized carbons (Fsp3) is 0.316. The molecule has 0 unspecified atom stereocenters. The van der Waals surface area contributed by atoms with E-state index < -0.39 is 18.5 Å². The van der Waals surface area contributed by atoms with Gasteiger partial charge in [-0.2, -0.15) is 0 Å². The molecule has 7 nitrogen and oxygen atoms in total. The van der Waals surface area contributed by atoms with Gasteiger partial charge < -0.3 is 19.5 Å². The van der Waals surface area contributed by atoms with Crippen LogP contribution in [0.5, 0.6) is 11.5 Å². The number of rotatable bonds is 9. The van der Waals surface area contributed by atoms with Gasteiger partial charge in [0.25, 0.3) is 5.91 Å². The summed E-state index contributed by atoms with van der Waals surface area (Å²) in [5.74, 6) is -0.197. The third-order valence-corrected chi connectivity index (χ3v) is 4.64. The van der Waals surface area contributed by atoms with Gasteiger partial charge in [-0.15, -0.1) is 11.3 Å². The molecule has 1 aromatic carbocycles. The van der Waals surface area contributed by atoms with Crippen LogP contribution in [-0.2, 0) is 14.3 Å². The van der Waals surface area contributed by atoms with Crippen LogP contribution in [0.2, 0.25) is 0 Å². The van der Waals surface area contributed by atoms with Gasteiger partial charge in [-0.3, -0.25) is 14.4 Å². The molecule has 144 valence electrons. The van der Waals surface area contributed by atoms with E-state index in [9.17, 15) is 14.4 Å². The third kappa shape index (κ3) is 6.10. The number of ketones is 1. The normalized spacial score (nSPS) is 10.2. The molecule has 0 atom stereocenters. The van der Waals surface area contributed by atoms with Crippen LogP contribution in [0.25, 0.3) is 0 Å². The molecule has 27 heavy (non-hydrogen) atoms. The molecular formula is C19H21NO6S. The van der Waals surface area contributed by atoms with Crippen molar-refractivity contribution in [2.24, 2.45) is 0 Å². The molecule has 0 bridgehead atoms. The highest BCUT2D eigenvalue weighted by Crippen LogP contribution is 2.29. The highest BCUT2D eigenvalue weighted by atomic mass is 32.1. The molecule has 2 aromatic rings. The van der Waals surface area contributed by atoms with Crippen molar-refractivity contribution in [2.45, 2.75) is 19.8 Å². The molecule has 0 radical (unpaired) electrons. The van der Waals surface area contributed by atoms with Crippen molar-refractivity contribution < 1.29 is 28.6 Å². The first kappa shape index (κ1) is 20.4. The first-order valence-corrected chi connectivity index (χ1v) is 9.01. The summed E-state index contributed by atoms with van der Waals surface area (Å²) >= 11 is 1.39. The molecule has 0 saturated carbocycles. The van der Waals surface area contributed by atoms with Crippen LogP contribution in [0, 0.1) is 6.92 Å². The maximum atomic E-state index is 12.0. The second kappa shape index (κ2) is 9.72. The zero-order valence-electron chi connectivity index (χ0n) is 15.4. The molecular weight excluding hydrogens is 370 g/mol. The number of hydrogen-bond acceptors (Lipinski definition) is 7. The average molecular weight is 391 g/mol. The monoisotopic (exact) mass is 391 g/mol. The first-order valence-electron chi connectivity index (χ1n) is 8.20. The predicted octanol–water partition coefficient (Wildman–Crippen LogP) is 3.22. The van der Waals surface area contributed by atoms with Gasteiger partial charge in [0.05, 0.1) is 25.5 Å². The Morgan fingerprint density at radius 3 is 2.37 bits per heavy atom. The summed E-state index contributed by atoms with van der Waals surface area (Å²) in [6, 6.07) is 8.49. The highest BCUT2D eigenvalue weighted by molar-refractivity contribution is 7.14. The van der Waals surface area contributed by atoms with E-state index in [0.29, 0.717) is 22.1 Å². The Balaban J connectivity index is 1.76. The lowest BCUT2D eigenvalue weighted by molar-refractivity contribution is -0.147. The lowest BCUT2D eigenvalue weighted by atomic mass is 10.2. The second-order valence-corrected chi connectivity index (χ2v) is 6.90. The molecule has 1 amide bonds. The second-order valence-electron chi connectivity index (χ2n) is 5.61. The summed E-state index contributed by atoms with van der Waals surface area (Å²) in [7, 11) is 3.00. The molecule has 0 fully saturated rings. The van der Waals surface area contributed by atoms with Crippen molar-refractivity contribution in [1.29, 1.82) is 0 Å². The number of carbonyl (C=O) groups is 3. The maximum absolute atomic E-state index is 12.0. The van der Waals surface area contributed by atoms with Gasteiger partial charge in [0.15, 0.2) is 23.9 Å². The first-order chi connectivity index (χ1) is 12.9. The van der Waals surface area contributed by atoms with Crippen LogP contribution in [0.4, 0.5) is 5.69 Å². The number of aryl methyl sites for hydroxylation is 1. The van der Waals surface area contributed by atoms with Gasteiger partial charge in [-0.05, 0) is 31.2 Å². The van der Waals surface area contributed by atoms with E-state index in [4.69, 9.17) is 14.2 Å². The molecule has 0 saturated heterocycles. The SMILES string of the molecule is COc1ccc(NC(=O)COC(=O)CCC(=O)c2ccc(C)s2)cc1OC. The van der Waals surface area contributed by atoms with Crippen molar-refractivity contribution in [2.75, 3.05) is 26.1 Å². The van der Waals surface area contributed by atoms with Crippen LogP contribution in [-0.4, -0.2) is 38.5 Å². The Morgan fingerprint density at radius 2 is 1.74 bits per heavy atom. The van der Waals surface area contributed by atoms with Crippen LogP contribution < -0.4 is 14.8 Å². The molecule has 2 rings (SSSR count). The molecule has 1 aromatic heterocycles. The quantitative estimate of drug-likeness (QED) is 0.521. The lowest BCUT2D eigenvalue weighted by Crippen LogP contribution is -2.21. The highest BCUT2D eigenvalue weighted by Gasteiger charge is 2.14. The number of hydrogen-bond donors (Lipinski definition) is 1. The lowest BCUT2D eigenvalue weighted by Gasteiger charge is -2.10. The summed E-state index contributed by atoms with van der Waals surface area (Å²) < 4.78 is 15.2. The third-order valence-electron chi connectivity index (χ3n) is 3.60. The summed E-state index contributed by atoms with van der Waals surface area (Å²) in [5, 5.41) is 2.60. The molecule has 1 heterocycles. The standard InChI is InChI=1S/C19H21NO6S/c1-12-4-8-17(27-12)14(21)6-9-19(23)26-11-18(22)20-13-5-7-15(24-2)16(10-13)25-3/h4-5,7-8,10H,6,9,11H2,1-3H3,(H,20,22). The summed E-state index contributed by atoms with van der Waals surface area (Å²) in [4.78, 5) is 37.3. The number of nitrogens with one attached hydrogen (secondary N) is 1. The molecule has 1 N–H and O–H groups in total. The molecule has 0 aliphatic carbocycles. The predicted molar refractivity (Wildman–Crippen MR) is 102 cm³/mol. The molecule has 0 aliphatic rings. The molecule has 0 spiro atoms. The van der Waals surface area contributed by atoms with Crippen molar-refractivity contribution in [1.82, 2.24) is 0 Å². The average Bonchev–Trinajstić information content (AvgIpc) is 3.10. The minimum atomic E-state index is -0.598. The van der Waals surface area contributed by atoms with E-state index in [1.807, 2.05) is 13.0 Å². The van der Waals surface area contributed by atoms with Crippen molar-refractivity contribution >= 4 is 34.7 Å². The van der Waals surface area contributed by atoms with Crippen LogP contribution in [0.1, 0.15) is 27.4 Å². The number of thiophene rings is 1. The maximum Gasteiger partial charge on any atom is 0.306 e. The summed E-state index contributed by atoms with van der Waals surface area (Å²) in [5.41, 5.74) is 0.483. The number of benzene rings is 1. The van der Waals surface area contributed by atoms with Gasteiger partial charge in [-0.1, -0.05) is 0 Å². The van der Waals surface area contributed by atoms with E-state index in [0.717, 1.165) is 4.88 Å². The Labute approximate surface area is 161 Å². The van der Waals surface area contributed by atoms with Gasteiger partial charge in [0.1, 0.15) is 0 Å². The molecule has 0 aliphatic heterocycles.